The summed E-state index contributed by atoms with van der Waals surface area (Å²) in [5.41, 5.74) is 5.25. The quantitative estimate of drug-likeness (QED) is 0.401. The molecule has 2 aromatic heterocycles. The van der Waals surface area contributed by atoms with Crippen molar-refractivity contribution >= 4 is 5.91 Å². The average molecular weight is 464 g/mol. The van der Waals surface area contributed by atoms with Crippen LogP contribution in [0.3, 0.4) is 0 Å². The predicted molar refractivity (Wildman–Crippen MR) is 118 cm³/mol. The molecule has 0 bridgehead atoms. The van der Waals surface area contributed by atoms with E-state index in [9.17, 15) is 18.0 Å². The number of aromatic nitrogens is 3. The fourth-order valence-electron chi connectivity index (χ4n) is 3.98. The number of carbonyl (C=O) groups is 1. The largest absolute Gasteiger partial charge is 0.573 e. The van der Waals surface area contributed by atoms with E-state index in [0.29, 0.717) is 30.8 Å². The molecule has 172 valence electrons. The third-order valence-electron chi connectivity index (χ3n) is 5.57. The van der Waals surface area contributed by atoms with Crippen LogP contribution in [0.25, 0.3) is 11.1 Å². The van der Waals surface area contributed by atoms with Gasteiger partial charge in [0.25, 0.3) is 5.91 Å². The molecule has 4 aromatic rings. The van der Waals surface area contributed by atoms with E-state index >= 15 is 0 Å². The highest BCUT2D eigenvalue weighted by Gasteiger charge is 2.31. The molecule has 5 rings (SSSR count). The third-order valence-corrected chi connectivity index (χ3v) is 5.57. The van der Waals surface area contributed by atoms with Crippen molar-refractivity contribution in [3.8, 4) is 16.9 Å². The number of benzene rings is 2. The van der Waals surface area contributed by atoms with Gasteiger partial charge < -0.3 is 9.64 Å². The van der Waals surface area contributed by atoms with Crippen LogP contribution in [0, 0.1) is 0 Å². The van der Waals surface area contributed by atoms with E-state index in [0.717, 1.165) is 22.3 Å². The molecule has 0 atom stereocenters. The Kier molecular flexibility index (Phi) is 5.53. The number of amides is 1. The lowest BCUT2D eigenvalue weighted by Crippen LogP contribution is -2.23. The topological polar surface area (TPSA) is 60.2 Å². The number of rotatable bonds is 6. The summed E-state index contributed by atoms with van der Waals surface area (Å²) in [6, 6.07) is 15.1. The van der Waals surface area contributed by atoms with Gasteiger partial charge in [-0.15, -0.1) is 13.2 Å². The molecule has 9 heteroatoms. The van der Waals surface area contributed by atoms with Crippen LogP contribution in [-0.4, -0.2) is 31.9 Å². The van der Waals surface area contributed by atoms with Gasteiger partial charge in [0, 0.05) is 42.8 Å². The highest BCUT2D eigenvalue weighted by molar-refractivity contribution is 5.99. The van der Waals surface area contributed by atoms with Gasteiger partial charge in [-0.25, -0.2) is 0 Å². The Balaban J connectivity index is 1.27. The fraction of sp³-hybridized carbons (Fsp3) is 0.160. The second-order valence-corrected chi connectivity index (χ2v) is 8.01. The van der Waals surface area contributed by atoms with Crippen molar-refractivity contribution in [2.45, 2.75) is 26.0 Å². The maximum atomic E-state index is 12.8. The maximum Gasteiger partial charge on any atom is 0.573 e. The van der Waals surface area contributed by atoms with Crippen molar-refractivity contribution in [1.29, 1.82) is 0 Å². The molecule has 0 saturated carbocycles. The number of alkyl halides is 3. The molecule has 3 heterocycles. The van der Waals surface area contributed by atoms with Crippen molar-refractivity contribution in [1.82, 2.24) is 19.7 Å². The number of carbonyl (C=O) groups excluding carboxylic acids is 1. The molecule has 0 aliphatic carbocycles. The summed E-state index contributed by atoms with van der Waals surface area (Å²) in [5.74, 6) is -0.396. The predicted octanol–water partition coefficient (Wildman–Crippen LogP) is 5.05. The van der Waals surface area contributed by atoms with Gasteiger partial charge in [0.1, 0.15) is 5.75 Å². The highest BCUT2D eigenvalue weighted by Crippen LogP contribution is 2.30. The number of nitrogens with zero attached hydrogens (tertiary/aromatic N) is 4. The number of hydrogen-bond donors (Lipinski definition) is 0. The van der Waals surface area contributed by atoms with E-state index in [1.807, 2.05) is 41.2 Å². The Morgan fingerprint density at radius 2 is 1.65 bits per heavy atom. The van der Waals surface area contributed by atoms with Crippen LogP contribution in [0.2, 0.25) is 0 Å². The van der Waals surface area contributed by atoms with Gasteiger partial charge in [0.2, 0.25) is 0 Å². The highest BCUT2D eigenvalue weighted by atomic mass is 19.4. The summed E-state index contributed by atoms with van der Waals surface area (Å²) in [6.07, 6.45) is 2.51. The molecule has 1 amide bonds. The van der Waals surface area contributed by atoms with Crippen LogP contribution in [0.4, 0.5) is 13.2 Å². The molecule has 2 aromatic carbocycles. The second-order valence-electron chi connectivity index (χ2n) is 8.01. The molecule has 34 heavy (non-hydrogen) atoms. The van der Waals surface area contributed by atoms with Crippen molar-refractivity contribution in [3.05, 3.63) is 102 Å². The van der Waals surface area contributed by atoms with E-state index in [1.165, 1.54) is 24.3 Å². The summed E-state index contributed by atoms with van der Waals surface area (Å²) in [5, 5.41) is 4.43. The zero-order valence-electron chi connectivity index (χ0n) is 17.9. The first-order valence-electron chi connectivity index (χ1n) is 10.5. The van der Waals surface area contributed by atoms with E-state index in [-0.39, 0.29) is 11.7 Å². The zero-order valence-corrected chi connectivity index (χ0v) is 17.9. The van der Waals surface area contributed by atoms with Gasteiger partial charge >= 0.3 is 6.36 Å². The monoisotopic (exact) mass is 464 g/mol. The number of halogens is 3. The molecular weight excluding hydrogens is 445 g/mol. The number of hydrogen-bond acceptors (Lipinski definition) is 4. The summed E-state index contributed by atoms with van der Waals surface area (Å²) in [4.78, 5) is 18.5. The molecule has 1 aliphatic heterocycles. The van der Waals surface area contributed by atoms with E-state index in [2.05, 4.69) is 14.8 Å². The van der Waals surface area contributed by atoms with Crippen molar-refractivity contribution in [2.75, 3.05) is 0 Å². The van der Waals surface area contributed by atoms with Gasteiger partial charge in [0.15, 0.2) is 0 Å². The van der Waals surface area contributed by atoms with Crippen molar-refractivity contribution in [2.24, 2.45) is 0 Å². The van der Waals surface area contributed by atoms with Gasteiger partial charge in [-0.1, -0.05) is 18.2 Å². The average Bonchev–Trinajstić information content (AvgIpc) is 3.39. The second kappa shape index (κ2) is 8.66. The lowest BCUT2D eigenvalue weighted by atomic mass is 10.0. The molecule has 0 unspecified atom stereocenters. The smallest absolute Gasteiger partial charge is 0.406 e. The fourth-order valence-corrected chi connectivity index (χ4v) is 3.98. The Bertz CT molecular complexity index is 1320. The van der Waals surface area contributed by atoms with E-state index in [4.69, 9.17) is 0 Å². The van der Waals surface area contributed by atoms with Crippen LogP contribution in [0.15, 0.2) is 79.4 Å². The Morgan fingerprint density at radius 1 is 0.912 bits per heavy atom. The summed E-state index contributed by atoms with van der Waals surface area (Å²) in [7, 11) is 0. The minimum absolute atomic E-state index is 0.106. The Morgan fingerprint density at radius 3 is 2.38 bits per heavy atom. The SMILES string of the molecule is O=C1c2ccc(-c3cnn(Cc4ccncc4)c3)cc2CN1Cc1ccc(OC(F)(F)F)cc1. The number of ether oxygens (including phenoxy) is 1. The standard InChI is InChI=1S/C25H19F3N4O2/c26-25(27,28)34-22-4-1-17(2-5-22)13-31-15-20-11-19(3-6-23(20)24(31)33)21-12-30-32(16-21)14-18-7-9-29-10-8-18/h1-12,16H,13-15H2. The molecule has 0 saturated heterocycles. The molecule has 0 radical (unpaired) electrons. The molecular formula is C25H19F3N4O2. The molecule has 6 nitrogen and oxygen atoms in total. The van der Waals surface area contributed by atoms with Crippen LogP contribution in [-0.2, 0) is 19.6 Å². The van der Waals surface area contributed by atoms with E-state index < -0.39 is 6.36 Å². The Hall–Kier alpha value is -4.14. The van der Waals surface area contributed by atoms with Crippen molar-refractivity contribution in [3.63, 3.8) is 0 Å². The van der Waals surface area contributed by atoms with Gasteiger partial charge in [-0.2, -0.15) is 5.10 Å². The van der Waals surface area contributed by atoms with Gasteiger partial charge in [-0.3, -0.25) is 14.5 Å². The normalized spacial score (nSPS) is 13.3. The van der Waals surface area contributed by atoms with Crippen LogP contribution >= 0.6 is 0 Å². The first kappa shape index (κ1) is 21.7. The number of pyridine rings is 1. The van der Waals surface area contributed by atoms with E-state index in [1.54, 1.807) is 23.5 Å². The first-order valence-corrected chi connectivity index (χ1v) is 10.5. The third kappa shape index (κ3) is 4.78. The molecule has 0 fully saturated rings. The van der Waals surface area contributed by atoms with Gasteiger partial charge in [0.05, 0.1) is 12.7 Å². The lowest BCUT2D eigenvalue weighted by Gasteiger charge is -2.16. The first-order chi connectivity index (χ1) is 16.3. The number of fused-ring (bicyclic) bond motifs is 1. The summed E-state index contributed by atoms with van der Waals surface area (Å²) in [6.45, 7) is 1.35. The van der Waals surface area contributed by atoms with Gasteiger partial charge in [-0.05, 0) is 58.7 Å². The lowest BCUT2D eigenvalue weighted by molar-refractivity contribution is -0.274. The maximum absolute atomic E-state index is 12.8. The Labute approximate surface area is 193 Å². The van der Waals surface area contributed by atoms with Crippen LogP contribution < -0.4 is 4.74 Å². The minimum Gasteiger partial charge on any atom is -0.406 e. The molecule has 0 spiro atoms. The molecule has 1 aliphatic rings. The summed E-state index contributed by atoms with van der Waals surface area (Å²) >= 11 is 0. The van der Waals surface area contributed by atoms with Crippen LogP contribution in [0.5, 0.6) is 5.75 Å². The minimum atomic E-state index is -4.73. The van der Waals surface area contributed by atoms with Crippen molar-refractivity contribution < 1.29 is 22.7 Å². The summed E-state index contributed by atoms with van der Waals surface area (Å²) < 4.78 is 42.8. The molecule has 0 N–H and O–H groups in total. The zero-order chi connectivity index (χ0) is 23.7. The van der Waals surface area contributed by atoms with Crippen LogP contribution in [0.1, 0.15) is 27.0 Å².